The predicted octanol–water partition coefficient (Wildman–Crippen LogP) is 3.81. The fraction of sp³-hybridized carbons (Fsp3) is 0.231. The third kappa shape index (κ3) is 3.31. The van der Waals surface area contributed by atoms with Gasteiger partial charge in [-0.3, -0.25) is 0 Å². The number of hydrogen-bond donors (Lipinski definition) is 1. The van der Waals surface area contributed by atoms with Gasteiger partial charge in [0.15, 0.2) is 0 Å². The zero-order chi connectivity index (χ0) is 12.1. The second-order valence-corrected chi connectivity index (χ2v) is 5.51. The minimum Gasteiger partial charge on any atom is -0.487 e. The minimum absolute atomic E-state index is 0.622. The summed E-state index contributed by atoms with van der Waals surface area (Å²) in [6, 6.07) is 10.2. The van der Waals surface area contributed by atoms with Crippen molar-refractivity contribution in [3.05, 3.63) is 50.6 Å². The molecule has 2 aromatic rings. The van der Waals surface area contributed by atoms with Gasteiger partial charge in [-0.1, -0.05) is 18.2 Å². The van der Waals surface area contributed by atoms with E-state index in [1.54, 1.807) is 11.3 Å². The molecule has 0 bridgehead atoms. The van der Waals surface area contributed by atoms with E-state index in [0.29, 0.717) is 6.61 Å². The Labute approximate surface area is 114 Å². The number of hydrogen-bond acceptors (Lipinski definition) is 3. The molecule has 0 spiro atoms. The van der Waals surface area contributed by atoms with Crippen LogP contribution < -0.4 is 10.1 Å². The molecule has 2 nitrogen and oxygen atoms in total. The summed E-state index contributed by atoms with van der Waals surface area (Å²) in [4.78, 5) is 1.23. The van der Waals surface area contributed by atoms with Crippen LogP contribution in [-0.2, 0) is 13.2 Å². The van der Waals surface area contributed by atoms with E-state index in [9.17, 15) is 0 Å². The van der Waals surface area contributed by atoms with Crippen LogP contribution in [0.4, 0.5) is 0 Å². The summed E-state index contributed by atoms with van der Waals surface area (Å²) >= 11 is 5.24. The van der Waals surface area contributed by atoms with Crippen LogP contribution in [0, 0.1) is 0 Å². The molecule has 1 N–H and O–H groups in total. The SMILES string of the molecule is CNCc1cccc(Br)c1OCc1cccs1. The summed E-state index contributed by atoms with van der Waals surface area (Å²) in [5, 5.41) is 5.21. The van der Waals surface area contributed by atoms with Gasteiger partial charge in [0.2, 0.25) is 0 Å². The molecule has 90 valence electrons. The highest BCUT2D eigenvalue weighted by Gasteiger charge is 2.07. The van der Waals surface area contributed by atoms with Gasteiger partial charge in [-0.15, -0.1) is 11.3 Å². The van der Waals surface area contributed by atoms with E-state index in [4.69, 9.17) is 4.74 Å². The number of halogens is 1. The fourth-order valence-corrected chi connectivity index (χ4v) is 2.72. The number of rotatable bonds is 5. The van der Waals surface area contributed by atoms with Gasteiger partial charge in [-0.25, -0.2) is 0 Å². The molecule has 0 aliphatic carbocycles. The largest absolute Gasteiger partial charge is 0.487 e. The molecule has 0 saturated carbocycles. The Bertz CT molecular complexity index is 470. The van der Waals surface area contributed by atoms with Crippen molar-refractivity contribution in [2.45, 2.75) is 13.2 Å². The maximum Gasteiger partial charge on any atom is 0.138 e. The highest BCUT2D eigenvalue weighted by Crippen LogP contribution is 2.30. The lowest BCUT2D eigenvalue weighted by atomic mass is 10.2. The normalized spacial score (nSPS) is 10.5. The van der Waals surface area contributed by atoms with Gasteiger partial charge in [0.25, 0.3) is 0 Å². The first kappa shape index (κ1) is 12.6. The number of nitrogens with one attached hydrogen (secondary N) is 1. The van der Waals surface area contributed by atoms with Crippen molar-refractivity contribution in [2.24, 2.45) is 0 Å². The van der Waals surface area contributed by atoms with Crippen molar-refractivity contribution in [1.29, 1.82) is 0 Å². The van der Waals surface area contributed by atoms with Gasteiger partial charge < -0.3 is 10.1 Å². The van der Waals surface area contributed by atoms with Gasteiger partial charge in [-0.05, 0) is 40.5 Å². The molecule has 0 aliphatic rings. The van der Waals surface area contributed by atoms with Crippen molar-refractivity contribution in [3.8, 4) is 5.75 Å². The molecule has 0 fully saturated rings. The Kier molecular flexibility index (Phi) is 4.59. The van der Waals surface area contributed by atoms with Crippen LogP contribution in [0.25, 0.3) is 0 Å². The molecule has 2 rings (SSSR count). The number of ether oxygens (including phenoxy) is 1. The van der Waals surface area contributed by atoms with Crippen LogP contribution in [0.1, 0.15) is 10.4 Å². The van der Waals surface area contributed by atoms with Crippen molar-refractivity contribution in [1.82, 2.24) is 5.32 Å². The van der Waals surface area contributed by atoms with Crippen molar-refractivity contribution in [3.63, 3.8) is 0 Å². The van der Waals surface area contributed by atoms with Crippen LogP contribution in [0.2, 0.25) is 0 Å². The molecule has 0 atom stereocenters. The maximum absolute atomic E-state index is 5.89. The van der Waals surface area contributed by atoms with Crippen LogP contribution in [0.3, 0.4) is 0 Å². The van der Waals surface area contributed by atoms with Crippen molar-refractivity contribution in [2.75, 3.05) is 7.05 Å². The minimum atomic E-state index is 0.622. The standard InChI is InChI=1S/C13H14BrNOS/c1-15-8-10-4-2-6-12(14)13(10)16-9-11-5-3-7-17-11/h2-7,15H,8-9H2,1H3. The van der Waals surface area contributed by atoms with Crippen LogP contribution in [0.5, 0.6) is 5.75 Å². The zero-order valence-corrected chi connectivity index (χ0v) is 12.0. The molecule has 0 saturated heterocycles. The summed E-state index contributed by atoms with van der Waals surface area (Å²) in [6.45, 7) is 1.43. The Morgan fingerprint density at radius 1 is 1.29 bits per heavy atom. The Morgan fingerprint density at radius 3 is 2.88 bits per heavy atom. The summed E-state index contributed by atoms with van der Waals surface area (Å²) in [5.41, 5.74) is 1.17. The molecule has 0 unspecified atom stereocenters. The van der Waals surface area contributed by atoms with E-state index in [0.717, 1.165) is 16.8 Å². The molecule has 1 aromatic heterocycles. The predicted molar refractivity (Wildman–Crippen MR) is 75.6 cm³/mol. The average Bonchev–Trinajstić information content (AvgIpc) is 2.82. The van der Waals surface area contributed by atoms with E-state index >= 15 is 0 Å². The first-order valence-corrected chi connectivity index (χ1v) is 7.05. The fourth-order valence-electron chi connectivity index (χ4n) is 1.58. The molecule has 4 heteroatoms. The lowest BCUT2D eigenvalue weighted by Gasteiger charge is -2.12. The summed E-state index contributed by atoms with van der Waals surface area (Å²) in [5.74, 6) is 0.926. The van der Waals surface area contributed by atoms with Crippen LogP contribution in [0.15, 0.2) is 40.2 Å². The van der Waals surface area contributed by atoms with Gasteiger partial charge in [0.05, 0.1) is 4.47 Å². The molecular formula is C13H14BrNOS. The molecule has 1 heterocycles. The molecule has 1 aromatic carbocycles. The smallest absolute Gasteiger partial charge is 0.138 e. The van der Waals surface area contributed by atoms with Gasteiger partial charge in [-0.2, -0.15) is 0 Å². The first-order valence-electron chi connectivity index (χ1n) is 5.38. The van der Waals surface area contributed by atoms with Gasteiger partial charge in [0.1, 0.15) is 12.4 Å². The average molecular weight is 312 g/mol. The Hall–Kier alpha value is -0.840. The van der Waals surface area contributed by atoms with E-state index in [1.165, 1.54) is 10.4 Å². The first-order chi connectivity index (χ1) is 8.31. The topological polar surface area (TPSA) is 21.3 Å². The summed E-state index contributed by atoms with van der Waals surface area (Å²) < 4.78 is 6.89. The third-order valence-electron chi connectivity index (χ3n) is 2.35. The number of para-hydroxylation sites is 1. The second-order valence-electron chi connectivity index (χ2n) is 3.63. The number of benzene rings is 1. The summed E-state index contributed by atoms with van der Waals surface area (Å²) in [7, 11) is 1.93. The molecular weight excluding hydrogens is 298 g/mol. The van der Waals surface area contributed by atoms with E-state index in [2.05, 4.69) is 38.8 Å². The van der Waals surface area contributed by atoms with E-state index < -0.39 is 0 Å². The summed E-state index contributed by atoms with van der Waals surface area (Å²) in [6.07, 6.45) is 0. The highest BCUT2D eigenvalue weighted by molar-refractivity contribution is 9.10. The number of thiophene rings is 1. The van der Waals surface area contributed by atoms with Crippen molar-refractivity contribution < 1.29 is 4.74 Å². The Morgan fingerprint density at radius 2 is 2.18 bits per heavy atom. The van der Waals surface area contributed by atoms with E-state index in [-0.39, 0.29) is 0 Å². The molecule has 17 heavy (non-hydrogen) atoms. The quantitative estimate of drug-likeness (QED) is 0.906. The second kappa shape index (κ2) is 6.19. The lowest BCUT2D eigenvalue weighted by Crippen LogP contribution is -2.07. The molecule has 0 amide bonds. The van der Waals surface area contributed by atoms with E-state index in [1.807, 2.05) is 25.2 Å². The lowest BCUT2D eigenvalue weighted by molar-refractivity contribution is 0.304. The van der Waals surface area contributed by atoms with Gasteiger partial charge >= 0.3 is 0 Å². The Balaban J connectivity index is 2.13. The molecule has 0 aliphatic heterocycles. The molecule has 0 radical (unpaired) electrons. The van der Waals surface area contributed by atoms with Crippen LogP contribution in [-0.4, -0.2) is 7.05 Å². The maximum atomic E-state index is 5.89. The zero-order valence-electron chi connectivity index (χ0n) is 9.57. The highest BCUT2D eigenvalue weighted by atomic mass is 79.9. The van der Waals surface area contributed by atoms with Crippen molar-refractivity contribution >= 4 is 27.3 Å². The van der Waals surface area contributed by atoms with Gasteiger partial charge in [0, 0.05) is 17.0 Å². The monoisotopic (exact) mass is 311 g/mol. The third-order valence-corrected chi connectivity index (χ3v) is 3.83. The van der Waals surface area contributed by atoms with Crippen LogP contribution >= 0.6 is 27.3 Å².